The molecule has 0 aromatic carbocycles. The van der Waals surface area contributed by atoms with Crippen LogP contribution in [0.3, 0.4) is 0 Å². The van der Waals surface area contributed by atoms with E-state index in [4.69, 9.17) is 9.47 Å². The Balaban J connectivity index is 1.42. The molecule has 2 aliphatic heterocycles. The predicted octanol–water partition coefficient (Wildman–Crippen LogP) is 4.46. The molecule has 0 N–H and O–H groups in total. The third kappa shape index (κ3) is 5.04. The van der Waals surface area contributed by atoms with Crippen LogP contribution in [0.1, 0.15) is 55.7 Å². The van der Waals surface area contributed by atoms with E-state index in [9.17, 15) is 4.79 Å². The summed E-state index contributed by atoms with van der Waals surface area (Å²) in [4.78, 5) is 25.6. The highest BCUT2D eigenvalue weighted by atomic mass is 16.6. The summed E-state index contributed by atoms with van der Waals surface area (Å²) in [6.45, 7) is 13.1. The van der Waals surface area contributed by atoms with Gasteiger partial charge in [0.05, 0.1) is 12.6 Å². The van der Waals surface area contributed by atoms with Crippen LogP contribution in [-0.4, -0.2) is 53.3 Å². The SMILES string of the molecule is Cc1cc(CC2CCN(C(C)c3cnc4c(c3)OCCN4C(=O)OC(C)C)C2)cc(C)n1. The molecule has 1 saturated heterocycles. The van der Waals surface area contributed by atoms with E-state index in [0.29, 0.717) is 30.6 Å². The van der Waals surface area contributed by atoms with Crippen molar-refractivity contribution >= 4 is 11.9 Å². The van der Waals surface area contributed by atoms with E-state index >= 15 is 0 Å². The van der Waals surface area contributed by atoms with Gasteiger partial charge in [-0.25, -0.2) is 9.78 Å². The van der Waals surface area contributed by atoms with E-state index in [1.54, 1.807) is 4.90 Å². The average molecular weight is 439 g/mol. The van der Waals surface area contributed by atoms with Gasteiger partial charge < -0.3 is 9.47 Å². The van der Waals surface area contributed by atoms with Crippen molar-refractivity contribution in [2.45, 2.75) is 59.6 Å². The van der Waals surface area contributed by atoms with E-state index in [0.717, 1.165) is 36.5 Å². The normalized spacial score (nSPS) is 19.6. The Bertz CT molecular complexity index is 957. The van der Waals surface area contributed by atoms with Crippen LogP contribution < -0.4 is 9.64 Å². The standard InChI is InChI=1S/C25H34N4O3/c1-16(2)32-25(30)29-8-9-31-23-13-22(14-26-24(23)29)19(5)28-7-6-20(15-28)12-21-10-17(3)27-18(4)11-21/h10-11,13-14,16,19-20H,6-9,12,15H2,1-5H3. The van der Waals surface area contributed by atoms with Crippen LogP contribution in [0.15, 0.2) is 24.4 Å². The van der Waals surface area contributed by atoms with Crippen LogP contribution in [0.25, 0.3) is 0 Å². The fourth-order valence-electron chi connectivity index (χ4n) is 4.75. The zero-order valence-corrected chi connectivity index (χ0v) is 19.8. The third-order valence-electron chi connectivity index (χ3n) is 6.25. The van der Waals surface area contributed by atoms with Crippen molar-refractivity contribution in [3.63, 3.8) is 0 Å². The minimum Gasteiger partial charge on any atom is -0.488 e. The molecule has 1 fully saturated rings. The molecule has 2 atom stereocenters. The fraction of sp³-hybridized carbons (Fsp3) is 0.560. The molecule has 0 saturated carbocycles. The molecule has 0 spiro atoms. The van der Waals surface area contributed by atoms with Gasteiger partial charge in [-0.15, -0.1) is 0 Å². The summed E-state index contributed by atoms with van der Waals surface area (Å²) in [7, 11) is 0. The number of aryl methyl sites for hydroxylation is 2. The lowest BCUT2D eigenvalue weighted by molar-refractivity contribution is 0.120. The predicted molar refractivity (Wildman–Crippen MR) is 124 cm³/mol. The second-order valence-electron chi connectivity index (χ2n) is 9.31. The maximum absolute atomic E-state index is 12.4. The van der Waals surface area contributed by atoms with Crippen molar-refractivity contribution in [3.05, 3.63) is 46.9 Å². The van der Waals surface area contributed by atoms with Crippen LogP contribution in [0, 0.1) is 19.8 Å². The zero-order valence-electron chi connectivity index (χ0n) is 19.8. The topological polar surface area (TPSA) is 67.8 Å². The van der Waals surface area contributed by atoms with Gasteiger partial charge in [-0.1, -0.05) is 0 Å². The Morgan fingerprint density at radius 1 is 1.19 bits per heavy atom. The van der Waals surface area contributed by atoms with Gasteiger partial charge in [-0.05, 0) is 89.2 Å². The highest BCUT2D eigenvalue weighted by molar-refractivity contribution is 5.88. The van der Waals surface area contributed by atoms with E-state index in [1.165, 1.54) is 12.0 Å². The van der Waals surface area contributed by atoms with Gasteiger partial charge in [0, 0.05) is 30.2 Å². The molecule has 32 heavy (non-hydrogen) atoms. The molecule has 0 aliphatic carbocycles. The van der Waals surface area contributed by atoms with E-state index in [2.05, 4.69) is 47.8 Å². The Kier molecular flexibility index (Phi) is 6.65. The summed E-state index contributed by atoms with van der Waals surface area (Å²) in [5.41, 5.74) is 4.68. The maximum atomic E-state index is 12.4. The lowest BCUT2D eigenvalue weighted by atomic mass is 9.98. The van der Waals surface area contributed by atoms with Crippen LogP contribution in [0.5, 0.6) is 5.75 Å². The minimum atomic E-state index is -0.373. The lowest BCUT2D eigenvalue weighted by Crippen LogP contribution is -2.40. The molecule has 1 amide bonds. The highest BCUT2D eigenvalue weighted by Crippen LogP contribution is 2.35. The maximum Gasteiger partial charge on any atom is 0.415 e. The van der Waals surface area contributed by atoms with Gasteiger partial charge in [0.1, 0.15) is 6.61 Å². The number of hydrogen-bond acceptors (Lipinski definition) is 6. The van der Waals surface area contributed by atoms with Crippen LogP contribution in [0.4, 0.5) is 10.6 Å². The molecule has 172 valence electrons. The Labute approximate surface area is 190 Å². The third-order valence-corrected chi connectivity index (χ3v) is 6.25. The summed E-state index contributed by atoms with van der Waals surface area (Å²) in [5.74, 6) is 1.84. The molecule has 7 heteroatoms. The van der Waals surface area contributed by atoms with Crippen LogP contribution in [-0.2, 0) is 11.2 Å². The zero-order chi connectivity index (χ0) is 22.8. The number of anilines is 1. The average Bonchev–Trinajstić information content (AvgIpc) is 3.19. The summed E-state index contributed by atoms with van der Waals surface area (Å²) in [6.07, 6.45) is 3.61. The van der Waals surface area contributed by atoms with Crippen molar-refractivity contribution < 1.29 is 14.3 Å². The second-order valence-corrected chi connectivity index (χ2v) is 9.31. The monoisotopic (exact) mass is 438 g/mol. The minimum absolute atomic E-state index is 0.170. The first kappa shape index (κ1) is 22.5. The number of aromatic nitrogens is 2. The van der Waals surface area contributed by atoms with E-state index in [-0.39, 0.29) is 18.2 Å². The first-order chi connectivity index (χ1) is 15.3. The van der Waals surface area contributed by atoms with Gasteiger partial charge in [-0.2, -0.15) is 0 Å². The summed E-state index contributed by atoms with van der Waals surface area (Å²) < 4.78 is 11.2. The Hall–Kier alpha value is -2.67. The summed E-state index contributed by atoms with van der Waals surface area (Å²) in [5, 5.41) is 0. The number of rotatable bonds is 5. The van der Waals surface area contributed by atoms with Crippen molar-refractivity contribution in [3.8, 4) is 5.75 Å². The number of pyridine rings is 2. The van der Waals surface area contributed by atoms with Crippen LogP contribution >= 0.6 is 0 Å². The molecule has 2 unspecified atom stereocenters. The van der Waals surface area contributed by atoms with Gasteiger partial charge in [0.25, 0.3) is 0 Å². The molecule has 2 aliphatic rings. The van der Waals surface area contributed by atoms with E-state index < -0.39 is 0 Å². The molecule has 4 rings (SSSR count). The number of carbonyl (C=O) groups excluding carboxylic acids is 1. The van der Waals surface area contributed by atoms with Crippen molar-refractivity contribution in [2.24, 2.45) is 5.92 Å². The summed E-state index contributed by atoms with van der Waals surface area (Å²) >= 11 is 0. The number of fused-ring (bicyclic) bond motifs is 1. The molecular weight excluding hydrogens is 404 g/mol. The number of hydrogen-bond donors (Lipinski definition) is 0. The first-order valence-corrected chi connectivity index (χ1v) is 11.6. The highest BCUT2D eigenvalue weighted by Gasteiger charge is 2.30. The molecular formula is C25H34N4O3. The fourth-order valence-corrected chi connectivity index (χ4v) is 4.75. The smallest absolute Gasteiger partial charge is 0.415 e. The number of nitrogens with zero attached hydrogens (tertiary/aromatic N) is 4. The van der Waals surface area contributed by atoms with E-state index in [1.807, 2.05) is 26.1 Å². The number of amides is 1. The van der Waals surface area contributed by atoms with Crippen molar-refractivity contribution in [1.29, 1.82) is 0 Å². The van der Waals surface area contributed by atoms with Crippen molar-refractivity contribution in [1.82, 2.24) is 14.9 Å². The Morgan fingerprint density at radius 2 is 1.94 bits per heavy atom. The second kappa shape index (κ2) is 9.45. The largest absolute Gasteiger partial charge is 0.488 e. The molecule has 4 heterocycles. The molecule has 2 aromatic rings. The number of carbonyl (C=O) groups is 1. The van der Waals surface area contributed by atoms with Gasteiger partial charge in [0.15, 0.2) is 11.6 Å². The van der Waals surface area contributed by atoms with Gasteiger partial charge in [-0.3, -0.25) is 14.8 Å². The van der Waals surface area contributed by atoms with Gasteiger partial charge >= 0.3 is 6.09 Å². The molecule has 7 nitrogen and oxygen atoms in total. The van der Waals surface area contributed by atoms with Crippen LogP contribution in [0.2, 0.25) is 0 Å². The Morgan fingerprint density at radius 3 is 2.66 bits per heavy atom. The van der Waals surface area contributed by atoms with Gasteiger partial charge in [0.2, 0.25) is 0 Å². The number of likely N-dealkylation sites (tertiary alicyclic amines) is 1. The molecule has 2 aromatic heterocycles. The molecule has 0 bridgehead atoms. The van der Waals surface area contributed by atoms with Crippen molar-refractivity contribution in [2.75, 3.05) is 31.1 Å². The first-order valence-electron chi connectivity index (χ1n) is 11.6. The number of ether oxygens (including phenoxy) is 2. The quantitative estimate of drug-likeness (QED) is 0.686. The molecule has 0 radical (unpaired) electrons. The summed E-state index contributed by atoms with van der Waals surface area (Å²) in [6, 6.07) is 6.69. The lowest BCUT2D eigenvalue weighted by Gasteiger charge is -2.30.